The lowest BCUT2D eigenvalue weighted by Gasteiger charge is -2.14. The third kappa shape index (κ3) is 4.19. The van der Waals surface area contributed by atoms with E-state index in [-0.39, 0.29) is 18.3 Å². The molecule has 27 heavy (non-hydrogen) atoms. The van der Waals surface area contributed by atoms with E-state index in [9.17, 15) is 4.79 Å². The van der Waals surface area contributed by atoms with Gasteiger partial charge in [-0.15, -0.1) is 23.7 Å². The maximum absolute atomic E-state index is 12.6. The van der Waals surface area contributed by atoms with Crippen molar-refractivity contribution in [1.82, 2.24) is 20.4 Å². The zero-order valence-electron chi connectivity index (χ0n) is 14.8. The number of aromatic nitrogens is 2. The quantitative estimate of drug-likeness (QED) is 0.621. The van der Waals surface area contributed by atoms with Gasteiger partial charge in [-0.1, -0.05) is 29.3 Å². The molecule has 3 heterocycles. The van der Waals surface area contributed by atoms with Gasteiger partial charge < -0.3 is 10.6 Å². The van der Waals surface area contributed by atoms with Crippen LogP contribution in [0.5, 0.6) is 0 Å². The Kier molecular flexibility index (Phi) is 6.22. The minimum absolute atomic E-state index is 0. The summed E-state index contributed by atoms with van der Waals surface area (Å²) in [5, 5.41) is 12.6. The van der Waals surface area contributed by atoms with E-state index in [1.54, 1.807) is 0 Å². The molecule has 5 nitrogen and oxygen atoms in total. The van der Waals surface area contributed by atoms with Crippen LogP contribution in [0.1, 0.15) is 21.8 Å². The topological polar surface area (TPSA) is 59.0 Å². The number of hydrogen-bond donors (Lipinski definition) is 2. The number of benzene rings is 1. The van der Waals surface area contributed by atoms with Gasteiger partial charge in [0.05, 0.1) is 16.3 Å². The van der Waals surface area contributed by atoms with Crippen molar-refractivity contribution in [2.24, 2.45) is 0 Å². The van der Waals surface area contributed by atoms with Gasteiger partial charge in [0.25, 0.3) is 5.91 Å². The van der Waals surface area contributed by atoms with Gasteiger partial charge in [-0.05, 0) is 44.2 Å². The summed E-state index contributed by atoms with van der Waals surface area (Å²) in [6.45, 7) is 4.41. The predicted octanol–water partition coefficient (Wildman–Crippen LogP) is 4.12. The minimum Gasteiger partial charge on any atom is -0.348 e. The summed E-state index contributed by atoms with van der Waals surface area (Å²) in [4.78, 5) is 14.2. The van der Waals surface area contributed by atoms with Gasteiger partial charge in [0.15, 0.2) is 0 Å². The van der Waals surface area contributed by atoms with Crippen LogP contribution in [0.2, 0.25) is 5.02 Å². The van der Waals surface area contributed by atoms with Crippen LogP contribution in [0.4, 0.5) is 0 Å². The third-order valence-corrected chi connectivity index (χ3v) is 5.80. The Bertz CT molecular complexity index is 1010. The van der Waals surface area contributed by atoms with Crippen molar-refractivity contribution in [3.63, 3.8) is 0 Å². The molecule has 1 aliphatic rings. The maximum atomic E-state index is 12.6. The van der Waals surface area contributed by atoms with Crippen molar-refractivity contribution in [3.8, 4) is 5.69 Å². The van der Waals surface area contributed by atoms with Crippen LogP contribution < -0.4 is 10.6 Å². The molecule has 142 valence electrons. The van der Waals surface area contributed by atoms with Gasteiger partial charge in [0.2, 0.25) is 0 Å². The van der Waals surface area contributed by atoms with Gasteiger partial charge in [-0.3, -0.25) is 4.79 Å². The minimum atomic E-state index is -0.0392. The van der Waals surface area contributed by atoms with E-state index in [1.165, 1.54) is 16.9 Å². The van der Waals surface area contributed by atoms with Crippen molar-refractivity contribution in [3.05, 3.63) is 57.6 Å². The van der Waals surface area contributed by atoms with Crippen LogP contribution in [-0.2, 0) is 0 Å². The highest BCUT2D eigenvalue weighted by atomic mass is 35.5. The van der Waals surface area contributed by atoms with E-state index in [4.69, 9.17) is 11.6 Å². The average Bonchev–Trinajstić information content (AvgIpc) is 3.21. The number of hydrogen-bond acceptors (Lipinski definition) is 4. The monoisotopic (exact) mass is 422 g/mol. The van der Waals surface area contributed by atoms with Gasteiger partial charge in [-0.2, -0.15) is 5.10 Å². The van der Waals surface area contributed by atoms with E-state index in [0.29, 0.717) is 16.4 Å². The summed E-state index contributed by atoms with van der Waals surface area (Å²) in [7, 11) is 0. The Hall–Kier alpha value is -1.86. The summed E-state index contributed by atoms with van der Waals surface area (Å²) in [6, 6.07) is 9.49. The van der Waals surface area contributed by atoms with Gasteiger partial charge in [0.1, 0.15) is 4.83 Å². The molecule has 1 aromatic carbocycles. The molecule has 0 saturated carbocycles. The number of carbonyl (C=O) groups is 1. The van der Waals surface area contributed by atoms with Crippen LogP contribution in [0, 0.1) is 6.92 Å². The Morgan fingerprint density at radius 3 is 3.00 bits per heavy atom. The van der Waals surface area contributed by atoms with Crippen LogP contribution in [0.15, 0.2) is 42.0 Å². The standard InChI is InChI=1S/C19H19ClN4OS.ClH/c1-12-16-10-17(18(25)22-11-13-5-7-21-8-6-13)26-19(16)24(23-12)15-4-2-3-14(20)9-15;/h2-5,9-10,21H,6-8,11H2,1H3,(H,22,25);1H. The molecule has 0 spiro atoms. The molecular weight excluding hydrogens is 403 g/mol. The molecule has 0 radical (unpaired) electrons. The molecule has 0 unspecified atom stereocenters. The fraction of sp³-hybridized carbons (Fsp3) is 0.263. The number of amides is 1. The number of halogens is 2. The summed E-state index contributed by atoms with van der Waals surface area (Å²) >= 11 is 7.57. The Morgan fingerprint density at radius 1 is 1.41 bits per heavy atom. The number of rotatable bonds is 4. The lowest BCUT2D eigenvalue weighted by molar-refractivity contribution is 0.0960. The van der Waals surface area contributed by atoms with Crippen molar-refractivity contribution in [2.75, 3.05) is 19.6 Å². The first kappa shape index (κ1) is 19.9. The Balaban J connectivity index is 0.00000210. The highest BCUT2D eigenvalue weighted by Crippen LogP contribution is 2.31. The molecule has 4 rings (SSSR count). The molecule has 0 fully saturated rings. The first-order chi connectivity index (χ1) is 12.6. The first-order valence-electron chi connectivity index (χ1n) is 8.54. The van der Waals surface area contributed by atoms with Crippen LogP contribution in [0.25, 0.3) is 15.9 Å². The number of aryl methyl sites for hydroxylation is 1. The predicted molar refractivity (Wildman–Crippen MR) is 114 cm³/mol. The van der Waals surface area contributed by atoms with Gasteiger partial charge in [-0.25, -0.2) is 4.68 Å². The molecule has 1 aliphatic heterocycles. The van der Waals surface area contributed by atoms with Crippen LogP contribution in [-0.4, -0.2) is 35.3 Å². The average molecular weight is 423 g/mol. The lowest BCUT2D eigenvalue weighted by Crippen LogP contribution is -2.29. The Labute approximate surface area is 172 Å². The maximum Gasteiger partial charge on any atom is 0.261 e. The molecule has 3 aromatic rings. The number of carbonyl (C=O) groups excluding carboxylic acids is 1. The number of fused-ring (bicyclic) bond motifs is 1. The zero-order valence-corrected chi connectivity index (χ0v) is 17.2. The first-order valence-corrected chi connectivity index (χ1v) is 9.73. The summed E-state index contributed by atoms with van der Waals surface area (Å²) in [5.41, 5.74) is 3.07. The van der Waals surface area contributed by atoms with E-state index >= 15 is 0 Å². The van der Waals surface area contributed by atoms with Crippen molar-refractivity contribution < 1.29 is 4.79 Å². The molecule has 0 bridgehead atoms. The number of nitrogens with zero attached hydrogens (tertiary/aromatic N) is 2. The molecular formula is C19H20Cl2N4OS. The van der Waals surface area contributed by atoms with E-state index in [0.717, 1.165) is 41.1 Å². The molecule has 0 atom stereocenters. The third-order valence-electron chi connectivity index (χ3n) is 4.46. The fourth-order valence-electron chi connectivity index (χ4n) is 3.05. The molecule has 2 aromatic heterocycles. The van der Waals surface area contributed by atoms with Crippen molar-refractivity contribution >= 4 is 51.5 Å². The van der Waals surface area contributed by atoms with Crippen LogP contribution >= 0.6 is 35.3 Å². The zero-order chi connectivity index (χ0) is 18.1. The van der Waals surface area contributed by atoms with Gasteiger partial charge in [0, 0.05) is 23.5 Å². The van der Waals surface area contributed by atoms with Gasteiger partial charge >= 0.3 is 0 Å². The summed E-state index contributed by atoms with van der Waals surface area (Å²) in [6.07, 6.45) is 3.13. The molecule has 8 heteroatoms. The van der Waals surface area contributed by atoms with Crippen LogP contribution in [0.3, 0.4) is 0 Å². The second-order valence-corrected chi connectivity index (χ2v) is 7.77. The Morgan fingerprint density at radius 2 is 2.26 bits per heavy atom. The number of thiophene rings is 1. The number of nitrogens with one attached hydrogen (secondary N) is 2. The molecule has 0 aliphatic carbocycles. The lowest BCUT2D eigenvalue weighted by atomic mass is 10.1. The van der Waals surface area contributed by atoms with E-state index in [1.807, 2.05) is 41.9 Å². The van der Waals surface area contributed by atoms with E-state index in [2.05, 4.69) is 21.8 Å². The smallest absolute Gasteiger partial charge is 0.261 e. The SMILES string of the molecule is Cc1nn(-c2cccc(Cl)c2)c2sc(C(=O)NCC3=CCNCC3)cc12.Cl. The molecule has 2 N–H and O–H groups in total. The normalized spacial score (nSPS) is 13.9. The molecule has 1 amide bonds. The van der Waals surface area contributed by atoms with E-state index < -0.39 is 0 Å². The molecule has 0 saturated heterocycles. The fourth-order valence-corrected chi connectivity index (χ4v) is 4.34. The van der Waals surface area contributed by atoms with Crippen molar-refractivity contribution in [1.29, 1.82) is 0 Å². The second kappa shape index (κ2) is 8.44. The highest BCUT2D eigenvalue weighted by molar-refractivity contribution is 7.20. The summed E-state index contributed by atoms with van der Waals surface area (Å²) < 4.78 is 1.85. The summed E-state index contributed by atoms with van der Waals surface area (Å²) in [5.74, 6) is -0.0392. The highest BCUT2D eigenvalue weighted by Gasteiger charge is 2.17. The second-order valence-electron chi connectivity index (χ2n) is 6.31. The van der Waals surface area contributed by atoms with Crippen molar-refractivity contribution in [2.45, 2.75) is 13.3 Å². The largest absolute Gasteiger partial charge is 0.348 e.